The van der Waals surface area contributed by atoms with Crippen LogP contribution in [0, 0.1) is 31.6 Å². The summed E-state index contributed by atoms with van der Waals surface area (Å²) in [5, 5.41) is 12.4. The summed E-state index contributed by atoms with van der Waals surface area (Å²) in [5.41, 5.74) is 4.20. The molecule has 2 atom stereocenters. The van der Waals surface area contributed by atoms with E-state index >= 15 is 0 Å². The number of hydrogen-bond acceptors (Lipinski definition) is 5. The Labute approximate surface area is 243 Å². The number of fused-ring (bicyclic) bond motifs is 5. The smallest absolute Gasteiger partial charge is 0.308 e. The van der Waals surface area contributed by atoms with E-state index < -0.39 is 21.9 Å². The summed E-state index contributed by atoms with van der Waals surface area (Å²) in [6, 6.07) is 14.2. The predicted molar refractivity (Wildman–Crippen MR) is 160 cm³/mol. The molecule has 2 bridgehead atoms. The summed E-state index contributed by atoms with van der Waals surface area (Å²) in [7, 11) is -1.99. The first-order valence-corrected chi connectivity index (χ1v) is 15.8. The van der Waals surface area contributed by atoms with E-state index in [-0.39, 0.29) is 22.8 Å². The Balaban J connectivity index is 1.42. The maximum Gasteiger partial charge on any atom is 0.308 e. The zero-order valence-corrected chi connectivity index (χ0v) is 24.6. The summed E-state index contributed by atoms with van der Waals surface area (Å²) in [4.78, 5) is 25.6. The molecule has 0 amide bonds. The number of carboxylic acid groups (broad SMARTS) is 1. The number of aliphatic carboxylic acids is 1. The van der Waals surface area contributed by atoms with Gasteiger partial charge < -0.3 is 14.7 Å². The fourth-order valence-corrected chi connectivity index (χ4v) is 8.80. The lowest BCUT2D eigenvalue weighted by atomic mass is 9.62. The van der Waals surface area contributed by atoms with E-state index in [4.69, 9.17) is 4.99 Å². The standard InChI is InChI=1S/C32H33N5O4S/c1-18-6-12-22(13-7-18)42(40,41)37-19(2)27(23-5-4-15-33-30(23)37)26-17-24-25(14-16-36(3)31(24)35-26)34-29-21-10-8-20(9-11-21)28(29)32(38)39/h4-7,12-17,20-21,28-29,35H,8-11H2,1-3H3,(H,38,39). The van der Waals surface area contributed by atoms with Crippen molar-refractivity contribution < 1.29 is 18.3 Å². The highest BCUT2D eigenvalue weighted by molar-refractivity contribution is 7.90. The number of nitrogens with one attached hydrogen (secondary N) is 1. The summed E-state index contributed by atoms with van der Waals surface area (Å²) in [5.74, 6) is -0.763. The first-order chi connectivity index (χ1) is 20.1. The highest BCUT2D eigenvalue weighted by atomic mass is 32.2. The average Bonchev–Trinajstić information content (AvgIpc) is 3.54. The maximum absolute atomic E-state index is 13.9. The van der Waals surface area contributed by atoms with Crippen molar-refractivity contribution in [3.63, 3.8) is 0 Å². The minimum atomic E-state index is -3.92. The van der Waals surface area contributed by atoms with Gasteiger partial charge in [0.1, 0.15) is 5.65 Å². The third kappa shape index (κ3) is 4.03. The van der Waals surface area contributed by atoms with Crippen LogP contribution >= 0.6 is 0 Å². The van der Waals surface area contributed by atoms with Crippen LogP contribution in [-0.2, 0) is 21.9 Å². The Kier molecular flexibility index (Phi) is 6.16. The summed E-state index contributed by atoms with van der Waals surface area (Å²) < 4.78 is 31.1. The summed E-state index contributed by atoms with van der Waals surface area (Å²) in [6.07, 6.45) is 7.50. The van der Waals surface area contributed by atoms with Crippen molar-refractivity contribution in [3.05, 3.63) is 77.5 Å². The van der Waals surface area contributed by atoms with Gasteiger partial charge in [0, 0.05) is 41.5 Å². The van der Waals surface area contributed by atoms with Crippen molar-refractivity contribution in [1.82, 2.24) is 18.5 Å². The molecule has 5 aromatic rings. The van der Waals surface area contributed by atoms with Gasteiger partial charge in [0.05, 0.1) is 27.9 Å². The molecule has 3 fully saturated rings. The number of aryl methyl sites for hydroxylation is 2. The largest absolute Gasteiger partial charge is 0.481 e. The Hall–Kier alpha value is -4.18. The van der Waals surface area contributed by atoms with Crippen LogP contribution in [0.2, 0.25) is 0 Å². The Bertz CT molecular complexity index is 2040. The quantitative estimate of drug-likeness (QED) is 0.296. The molecule has 10 heteroatoms. The van der Waals surface area contributed by atoms with Gasteiger partial charge in [0.25, 0.3) is 10.0 Å². The average molecular weight is 584 g/mol. The second-order valence-corrected chi connectivity index (χ2v) is 13.6. The Morgan fingerprint density at radius 2 is 1.74 bits per heavy atom. The monoisotopic (exact) mass is 583 g/mol. The number of H-pyrrole nitrogens is 1. The number of benzene rings is 1. The minimum Gasteiger partial charge on any atom is -0.481 e. The number of aromatic nitrogens is 4. The van der Waals surface area contributed by atoms with E-state index in [0.29, 0.717) is 16.7 Å². The van der Waals surface area contributed by atoms with Crippen molar-refractivity contribution in [3.8, 4) is 11.3 Å². The van der Waals surface area contributed by atoms with Crippen molar-refractivity contribution in [2.24, 2.45) is 29.8 Å². The fourth-order valence-electron chi connectivity index (χ4n) is 7.28. The molecule has 216 valence electrons. The molecular formula is C32H33N5O4S. The van der Waals surface area contributed by atoms with Gasteiger partial charge in [0.2, 0.25) is 0 Å². The molecule has 2 N–H and O–H groups in total. The van der Waals surface area contributed by atoms with Crippen molar-refractivity contribution >= 4 is 38.1 Å². The van der Waals surface area contributed by atoms with Crippen molar-refractivity contribution in [1.29, 1.82) is 0 Å². The van der Waals surface area contributed by atoms with Crippen LogP contribution in [0.1, 0.15) is 36.9 Å². The first-order valence-electron chi connectivity index (χ1n) is 14.4. The van der Waals surface area contributed by atoms with Crippen LogP contribution in [0.5, 0.6) is 0 Å². The Morgan fingerprint density at radius 1 is 1.02 bits per heavy atom. The normalized spacial score (nSPS) is 22.8. The lowest BCUT2D eigenvalue weighted by Crippen LogP contribution is -2.47. The maximum atomic E-state index is 13.9. The van der Waals surface area contributed by atoms with Crippen LogP contribution < -0.4 is 5.36 Å². The first kappa shape index (κ1) is 26.7. The fraction of sp³-hybridized carbons (Fsp3) is 0.344. The van der Waals surface area contributed by atoms with Crippen LogP contribution in [0.4, 0.5) is 0 Å². The molecule has 3 aliphatic carbocycles. The van der Waals surface area contributed by atoms with Gasteiger partial charge in [-0.05, 0) is 87.8 Å². The molecule has 0 spiro atoms. The molecule has 3 aliphatic rings. The lowest BCUT2D eigenvalue weighted by molar-refractivity contribution is -0.148. The van der Waals surface area contributed by atoms with Gasteiger partial charge in [-0.3, -0.25) is 9.79 Å². The number of carbonyl (C=O) groups is 1. The summed E-state index contributed by atoms with van der Waals surface area (Å²) >= 11 is 0. The lowest BCUT2D eigenvalue weighted by Gasteiger charge is -2.44. The number of nitrogens with zero attached hydrogens (tertiary/aromatic N) is 4. The molecule has 1 aromatic carbocycles. The molecule has 0 saturated heterocycles. The highest BCUT2D eigenvalue weighted by Gasteiger charge is 2.47. The van der Waals surface area contributed by atoms with Crippen LogP contribution in [-0.4, -0.2) is 44.0 Å². The third-order valence-corrected chi connectivity index (χ3v) is 11.2. The predicted octanol–water partition coefficient (Wildman–Crippen LogP) is 5.17. The van der Waals surface area contributed by atoms with Gasteiger partial charge in [-0.1, -0.05) is 17.7 Å². The molecule has 0 radical (unpaired) electrons. The molecular weight excluding hydrogens is 550 g/mol. The number of carboxylic acids is 1. The SMILES string of the molecule is Cc1ccc(S(=O)(=O)n2c(C)c(-c3cc4c(=NC5C6CCC(CC6)C5C(=O)O)ccn(C)c4[nH]3)c3cccnc32)cc1. The number of pyridine rings is 2. The van der Waals surface area contributed by atoms with Crippen molar-refractivity contribution in [2.75, 3.05) is 0 Å². The molecule has 8 rings (SSSR count). The van der Waals surface area contributed by atoms with Gasteiger partial charge in [-0.2, -0.15) is 0 Å². The van der Waals surface area contributed by atoms with Gasteiger partial charge in [-0.15, -0.1) is 0 Å². The molecule has 9 nitrogen and oxygen atoms in total. The number of rotatable bonds is 5. The zero-order valence-electron chi connectivity index (χ0n) is 23.8. The molecule has 0 aliphatic heterocycles. The minimum absolute atomic E-state index is 0.176. The highest BCUT2D eigenvalue weighted by Crippen LogP contribution is 2.46. The number of aromatic amines is 1. The van der Waals surface area contributed by atoms with Crippen molar-refractivity contribution in [2.45, 2.75) is 50.5 Å². The molecule has 42 heavy (non-hydrogen) atoms. The van der Waals surface area contributed by atoms with E-state index in [9.17, 15) is 18.3 Å². The molecule has 2 unspecified atom stereocenters. The second-order valence-electron chi connectivity index (χ2n) is 11.8. The van der Waals surface area contributed by atoms with Crippen LogP contribution in [0.25, 0.3) is 33.3 Å². The van der Waals surface area contributed by atoms with E-state index in [2.05, 4.69) is 9.97 Å². The van der Waals surface area contributed by atoms with E-state index in [1.54, 1.807) is 37.4 Å². The van der Waals surface area contributed by atoms with E-state index in [1.165, 1.54) is 3.97 Å². The number of hydrogen-bond donors (Lipinski definition) is 2. The van der Waals surface area contributed by atoms with Gasteiger partial charge in [-0.25, -0.2) is 17.4 Å². The summed E-state index contributed by atoms with van der Waals surface area (Å²) in [6.45, 7) is 3.72. The molecule has 4 aromatic heterocycles. The van der Waals surface area contributed by atoms with Crippen LogP contribution in [0.15, 0.2) is 70.8 Å². The van der Waals surface area contributed by atoms with Gasteiger partial charge >= 0.3 is 5.97 Å². The third-order valence-electron chi connectivity index (χ3n) is 9.37. The molecule has 4 heterocycles. The topological polar surface area (TPSA) is 122 Å². The Morgan fingerprint density at radius 3 is 2.45 bits per heavy atom. The molecule has 3 saturated carbocycles. The van der Waals surface area contributed by atoms with Gasteiger partial charge in [0.15, 0.2) is 5.65 Å². The zero-order chi connectivity index (χ0) is 29.3. The van der Waals surface area contributed by atoms with Crippen LogP contribution in [0.3, 0.4) is 0 Å². The van der Waals surface area contributed by atoms with E-state index in [0.717, 1.165) is 58.9 Å². The second kappa shape index (κ2) is 9.69. The van der Waals surface area contributed by atoms with E-state index in [1.807, 2.05) is 49.0 Å².